The lowest BCUT2D eigenvalue weighted by atomic mass is 10.1. The molecule has 0 N–H and O–H groups in total. The Balaban J connectivity index is 1.74. The normalized spacial score (nSPS) is 21.0. The highest BCUT2D eigenvalue weighted by Gasteiger charge is 2.23. The fourth-order valence-electron chi connectivity index (χ4n) is 2.53. The third-order valence-corrected chi connectivity index (χ3v) is 5.21. The zero-order valence-corrected chi connectivity index (χ0v) is 13.8. The van der Waals surface area contributed by atoms with Crippen LogP contribution in [0.15, 0.2) is 30.3 Å². The number of nitrogens with zero attached hydrogens (tertiary/aromatic N) is 1. The number of thioether (sulfide) groups is 1. The standard InChI is InChI=1S/C17H25NO2S/c1-3-16-12-18(9-10-21-16)11-14(2)17(19)20-13-15-7-5-4-6-8-15/h4-8,14,16H,3,9-13H2,1-2H3. The molecule has 1 aliphatic heterocycles. The number of esters is 1. The molecule has 4 heteroatoms. The van der Waals surface area contributed by atoms with Crippen LogP contribution in [0, 0.1) is 5.92 Å². The van der Waals surface area contributed by atoms with Crippen molar-refractivity contribution in [1.29, 1.82) is 0 Å². The molecule has 0 spiro atoms. The first-order chi connectivity index (χ1) is 10.2. The SMILES string of the molecule is CCC1CN(CC(C)C(=O)OCc2ccccc2)CCS1. The van der Waals surface area contributed by atoms with E-state index in [-0.39, 0.29) is 11.9 Å². The molecule has 1 aromatic carbocycles. The van der Waals surface area contributed by atoms with Crippen LogP contribution in [0.25, 0.3) is 0 Å². The van der Waals surface area contributed by atoms with Gasteiger partial charge in [0.25, 0.3) is 0 Å². The fraction of sp³-hybridized carbons (Fsp3) is 0.588. The van der Waals surface area contributed by atoms with E-state index in [1.54, 1.807) is 0 Å². The molecule has 0 amide bonds. The van der Waals surface area contributed by atoms with Gasteiger partial charge in [-0.15, -0.1) is 0 Å². The minimum absolute atomic E-state index is 0.0608. The molecular weight excluding hydrogens is 282 g/mol. The van der Waals surface area contributed by atoms with Gasteiger partial charge in [0.2, 0.25) is 0 Å². The second-order valence-corrected chi connectivity index (χ2v) is 7.06. The summed E-state index contributed by atoms with van der Waals surface area (Å²) in [6.45, 7) is 7.56. The lowest BCUT2D eigenvalue weighted by Gasteiger charge is -2.33. The number of benzene rings is 1. The Kier molecular flexibility index (Phi) is 6.58. The van der Waals surface area contributed by atoms with Crippen LogP contribution in [-0.4, -0.2) is 41.5 Å². The van der Waals surface area contributed by atoms with Crippen molar-refractivity contribution in [2.24, 2.45) is 5.92 Å². The molecule has 0 saturated carbocycles. The average Bonchev–Trinajstić information content (AvgIpc) is 2.53. The summed E-state index contributed by atoms with van der Waals surface area (Å²) in [5.41, 5.74) is 1.04. The van der Waals surface area contributed by atoms with E-state index in [9.17, 15) is 4.79 Å². The third-order valence-electron chi connectivity index (χ3n) is 3.84. The maximum Gasteiger partial charge on any atom is 0.310 e. The van der Waals surface area contributed by atoms with E-state index in [0.29, 0.717) is 11.9 Å². The maximum atomic E-state index is 12.1. The molecule has 21 heavy (non-hydrogen) atoms. The van der Waals surface area contributed by atoms with E-state index in [2.05, 4.69) is 23.6 Å². The molecule has 1 aromatic rings. The fourth-order valence-corrected chi connectivity index (χ4v) is 3.77. The van der Waals surface area contributed by atoms with E-state index in [1.807, 2.05) is 37.3 Å². The predicted octanol–water partition coefficient (Wildman–Crippen LogP) is 3.19. The topological polar surface area (TPSA) is 29.5 Å². The van der Waals surface area contributed by atoms with Gasteiger partial charge < -0.3 is 9.64 Å². The number of rotatable bonds is 6. The summed E-state index contributed by atoms with van der Waals surface area (Å²) in [5, 5.41) is 0.714. The highest BCUT2D eigenvalue weighted by Crippen LogP contribution is 2.21. The third kappa shape index (κ3) is 5.36. The van der Waals surface area contributed by atoms with E-state index < -0.39 is 0 Å². The first-order valence-electron chi connectivity index (χ1n) is 7.73. The van der Waals surface area contributed by atoms with Gasteiger partial charge in [-0.1, -0.05) is 44.2 Å². The Hall–Kier alpha value is -1.00. The van der Waals surface area contributed by atoms with Crippen molar-refractivity contribution < 1.29 is 9.53 Å². The first-order valence-corrected chi connectivity index (χ1v) is 8.78. The second kappa shape index (κ2) is 8.44. The van der Waals surface area contributed by atoms with Gasteiger partial charge in [0.15, 0.2) is 0 Å². The van der Waals surface area contributed by atoms with Crippen LogP contribution in [0.4, 0.5) is 0 Å². The Bertz CT molecular complexity index is 438. The van der Waals surface area contributed by atoms with Gasteiger partial charge in [0.05, 0.1) is 5.92 Å². The van der Waals surface area contributed by atoms with Crippen molar-refractivity contribution in [2.75, 3.05) is 25.4 Å². The monoisotopic (exact) mass is 307 g/mol. The molecule has 1 aliphatic rings. The smallest absolute Gasteiger partial charge is 0.310 e. The van der Waals surface area contributed by atoms with Crippen LogP contribution in [-0.2, 0) is 16.1 Å². The average molecular weight is 307 g/mol. The van der Waals surface area contributed by atoms with E-state index in [1.165, 1.54) is 12.2 Å². The number of carbonyl (C=O) groups excluding carboxylic acids is 1. The van der Waals surface area contributed by atoms with E-state index in [4.69, 9.17) is 4.74 Å². The molecule has 1 heterocycles. The lowest BCUT2D eigenvalue weighted by Crippen LogP contribution is -2.41. The molecule has 1 fully saturated rings. The van der Waals surface area contributed by atoms with Crippen molar-refractivity contribution in [3.8, 4) is 0 Å². The molecular formula is C17H25NO2S. The molecule has 2 unspecified atom stereocenters. The molecule has 0 aliphatic carbocycles. The highest BCUT2D eigenvalue weighted by atomic mass is 32.2. The molecule has 2 rings (SSSR count). The number of hydrogen-bond donors (Lipinski definition) is 0. The van der Waals surface area contributed by atoms with Crippen LogP contribution < -0.4 is 0 Å². The summed E-state index contributed by atoms with van der Waals surface area (Å²) in [4.78, 5) is 14.5. The summed E-state index contributed by atoms with van der Waals surface area (Å²) < 4.78 is 5.41. The highest BCUT2D eigenvalue weighted by molar-refractivity contribution is 8.00. The zero-order valence-electron chi connectivity index (χ0n) is 13.0. The van der Waals surface area contributed by atoms with Crippen molar-refractivity contribution in [2.45, 2.75) is 32.1 Å². The summed E-state index contributed by atoms with van der Waals surface area (Å²) in [7, 11) is 0. The van der Waals surface area contributed by atoms with Gasteiger partial charge in [-0.25, -0.2) is 0 Å². The van der Waals surface area contributed by atoms with Crippen molar-refractivity contribution in [3.63, 3.8) is 0 Å². The summed E-state index contributed by atoms with van der Waals surface area (Å²) in [6, 6.07) is 9.84. The van der Waals surface area contributed by atoms with Gasteiger partial charge in [0.1, 0.15) is 6.61 Å². The van der Waals surface area contributed by atoms with Crippen LogP contribution in [0.1, 0.15) is 25.8 Å². The number of carbonyl (C=O) groups is 1. The Morgan fingerprint density at radius 2 is 2.19 bits per heavy atom. The number of ether oxygens (including phenoxy) is 1. The minimum Gasteiger partial charge on any atom is -0.461 e. The van der Waals surface area contributed by atoms with Crippen LogP contribution >= 0.6 is 11.8 Å². The Morgan fingerprint density at radius 3 is 2.90 bits per heavy atom. The molecule has 0 radical (unpaired) electrons. The molecule has 3 nitrogen and oxygen atoms in total. The largest absolute Gasteiger partial charge is 0.461 e. The molecule has 0 aromatic heterocycles. The van der Waals surface area contributed by atoms with E-state index >= 15 is 0 Å². The van der Waals surface area contributed by atoms with Gasteiger partial charge in [-0.05, 0) is 12.0 Å². The van der Waals surface area contributed by atoms with Crippen molar-refractivity contribution in [1.82, 2.24) is 4.90 Å². The summed E-state index contributed by atoms with van der Waals surface area (Å²) in [5.74, 6) is 1.02. The van der Waals surface area contributed by atoms with Gasteiger partial charge in [-0.3, -0.25) is 4.79 Å². The second-order valence-electron chi connectivity index (χ2n) is 5.65. The van der Waals surface area contributed by atoms with Crippen LogP contribution in [0.2, 0.25) is 0 Å². The minimum atomic E-state index is -0.0925. The predicted molar refractivity (Wildman–Crippen MR) is 88.4 cm³/mol. The molecule has 0 bridgehead atoms. The number of hydrogen-bond acceptors (Lipinski definition) is 4. The molecule has 1 saturated heterocycles. The van der Waals surface area contributed by atoms with Crippen LogP contribution in [0.5, 0.6) is 0 Å². The zero-order chi connectivity index (χ0) is 15.1. The van der Waals surface area contributed by atoms with E-state index in [0.717, 1.165) is 25.2 Å². The lowest BCUT2D eigenvalue weighted by molar-refractivity contribution is -0.149. The molecule has 2 atom stereocenters. The van der Waals surface area contributed by atoms with Gasteiger partial charge >= 0.3 is 5.97 Å². The quantitative estimate of drug-likeness (QED) is 0.755. The summed E-state index contributed by atoms with van der Waals surface area (Å²) >= 11 is 2.05. The van der Waals surface area contributed by atoms with Crippen molar-refractivity contribution in [3.05, 3.63) is 35.9 Å². The van der Waals surface area contributed by atoms with Gasteiger partial charge in [-0.2, -0.15) is 11.8 Å². The first kappa shape index (κ1) is 16.4. The molecule has 116 valence electrons. The Labute approximate surface area is 132 Å². The van der Waals surface area contributed by atoms with Crippen molar-refractivity contribution >= 4 is 17.7 Å². The van der Waals surface area contributed by atoms with Gasteiger partial charge in [0, 0.05) is 30.6 Å². The van der Waals surface area contributed by atoms with Crippen LogP contribution in [0.3, 0.4) is 0 Å². The summed E-state index contributed by atoms with van der Waals surface area (Å²) in [6.07, 6.45) is 1.20. The Morgan fingerprint density at radius 1 is 1.43 bits per heavy atom. The maximum absolute atomic E-state index is 12.1.